The number of esters is 1. The number of carbonyl (C=O) groups is 2. The maximum absolute atomic E-state index is 13.5. The second-order valence-electron chi connectivity index (χ2n) is 4.02. The molecule has 0 fully saturated rings. The summed E-state index contributed by atoms with van der Waals surface area (Å²) < 4.78 is 18.0. The van der Waals surface area contributed by atoms with Gasteiger partial charge in [-0.05, 0) is 11.6 Å². The zero-order valence-electron chi connectivity index (χ0n) is 10.9. The first-order valence-electron chi connectivity index (χ1n) is 5.63. The minimum absolute atomic E-state index is 0.0266. The molecule has 0 saturated heterocycles. The van der Waals surface area contributed by atoms with Crippen LogP contribution in [0.4, 0.5) is 10.1 Å². The van der Waals surface area contributed by atoms with Crippen LogP contribution in [0.5, 0.6) is 0 Å². The normalized spacial score (nSPS) is 11.6. The van der Waals surface area contributed by atoms with Crippen molar-refractivity contribution in [2.45, 2.75) is 19.4 Å². The molecule has 20 heavy (non-hydrogen) atoms. The second-order valence-corrected chi connectivity index (χ2v) is 4.02. The summed E-state index contributed by atoms with van der Waals surface area (Å²) in [5.41, 5.74) is -0.319. The topological polar surface area (TPSA) is 98.5 Å². The molecule has 0 saturated carbocycles. The second kappa shape index (κ2) is 6.60. The third kappa shape index (κ3) is 4.01. The SMILES string of the molecule is COC(=O)[C@H](Cc1ccc([N+](=O)[O-])c(F)c1)NC(C)=O. The number of benzene rings is 1. The maximum atomic E-state index is 13.5. The van der Waals surface area contributed by atoms with Crippen LogP contribution in [0, 0.1) is 15.9 Å². The van der Waals surface area contributed by atoms with Crippen molar-refractivity contribution in [3.63, 3.8) is 0 Å². The summed E-state index contributed by atoms with van der Waals surface area (Å²) in [5, 5.41) is 12.9. The largest absolute Gasteiger partial charge is 0.467 e. The first kappa shape index (κ1) is 15.5. The molecule has 0 radical (unpaired) electrons. The third-order valence-corrected chi connectivity index (χ3v) is 2.51. The van der Waals surface area contributed by atoms with Gasteiger partial charge in [0.25, 0.3) is 0 Å². The van der Waals surface area contributed by atoms with Crippen LogP contribution in [0.25, 0.3) is 0 Å². The maximum Gasteiger partial charge on any atom is 0.328 e. The summed E-state index contributed by atoms with van der Waals surface area (Å²) in [6.45, 7) is 1.23. The monoisotopic (exact) mass is 284 g/mol. The Morgan fingerprint density at radius 2 is 2.15 bits per heavy atom. The van der Waals surface area contributed by atoms with Crippen molar-refractivity contribution in [1.29, 1.82) is 0 Å². The van der Waals surface area contributed by atoms with Gasteiger partial charge in [0, 0.05) is 19.4 Å². The summed E-state index contributed by atoms with van der Waals surface area (Å²) in [6, 6.07) is 2.31. The number of nitrogens with one attached hydrogen (secondary N) is 1. The molecule has 108 valence electrons. The van der Waals surface area contributed by atoms with Gasteiger partial charge in [0.1, 0.15) is 6.04 Å². The lowest BCUT2D eigenvalue weighted by atomic mass is 10.1. The van der Waals surface area contributed by atoms with E-state index >= 15 is 0 Å². The van der Waals surface area contributed by atoms with Crippen LogP contribution in [-0.2, 0) is 20.7 Å². The van der Waals surface area contributed by atoms with E-state index in [1.54, 1.807) is 0 Å². The van der Waals surface area contributed by atoms with Crippen molar-refractivity contribution in [1.82, 2.24) is 5.32 Å². The fourth-order valence-corrected chi connectivity index (χ4v) is 1.64. The lowest BCUT2D eigenvalue weighted by molar-refractivity contribution is -0.387. The van der Waals surface area contributed by atoms with Crippen molar-refractivity contribution in [2.75, 3.05) is 7.11 Å². The smallest absolute Gasteiger partial charge is 0.328 e. The molecular weight excluding hydrogens is 271 g/mol. The Kier molecular flexibility index (Phi) is 5.13. The van der Waals surface area contributed by atoms with Gasteiger partial charge in [0.05, 0.1) is 12.0 Å². The van der Waals surface area contributed by atoms with E-state index < -0.39 is 34.3 Å². The third-order valence-electron chi connectivity index (χ3n) is 2.51. The summed E-state index contributed by atoms with van der Waals surface area (Å²) in [6.07, 6.45) is -0.0266. The number of halogens is 1. The van der Waals surface area contributed by atoms with Crippen molar-refractivity contribution in [3.05, 3.63) is 39.7 Å². The van der Waals surface area contributed by atoms with Crippen LogP contribution in [0.2, 0.25) is 0 Å². The molecule has 0 aliphatic heterocycles. The van der Waals surface area contributed by atoms with Crippen molar-refractivity contribution in [2.24, 2.45) is 0 Å². The number of nitro benzene ring substituents is 1. The molecule has 0 unspecified atom stereocenters. The molecule has 0 aliphatic carbocycles. The number of hydrogen-bond acceptors (Lipinski definition) is 5. The molecule has 0 bridgehead atoms. The molecule has 1 rings (SSSR count). The van der Waals surface area contributed by atoms with E-state index in [-0.39, 0.29) is 6.42 Å². The predicted octanol–water partition coefficient (Wildman–Crippen LogP) is 0.954. The number of ether oxygens (including phenoxy) is 1. The van der Waals surface area contributed by atoms with Gasteiger partial charge in [-0.2, -0.15) is 4.39 Å². The minimum Gasteiger partial charge on any atom is -0.467 e. The Labute approximate surface area is 113 Å². The molecular formula is C12H13FN2O5. The van der Waals surface area contributed by atoms with E-state index in [9.17, 15) is 24.1 Å². The molecule has 0 heterocycles. The molecule has 8 heteroatoms. The van der Waals surface area contributed by atoms with E-state index in [0.29, 0.717) is 5.56 Å². The molecule has 1 aromatic rings. The lowest BCUT2D eigenvalue weighted by Gasteiger charge is -2.15. The highest BCUT2D eigenvalue weighted by molar-refractivity contribution is 5.83. The fraction of sp³-hybridized carbons (Fsp3) is 0.333. The first-order chi connectivity index (χ1) is 9.35. The molecule has 1 atom stereocenters. The predicted molar refractivity (Wildman–Crippen MR) is 66.4 cm³/mol. The van der Waals surface area contributed by atoms with Gasteiger partial charge >= 0.3 is 11.7 Å². The Hall–Kier alpha value is -2.51. The average molecular weight is 284 g/mol. The minimum atomic E-state index is -1.00. The first-order valence-corrected chi connectivity index (χ1v) is 5.63. The number of carbonyl (C=O) groups excluding carboxylic acids is 2. The van der Waals surface area contributed by atoms with Crippen LogP contribution in [-0.4, -0.2) is 30.0 Å². The highest BCUT2D eigenvalue weighted by Crippen LogP contribution is 2.19. The molecule has 1 amide bonds. The van der Waals surface area contributed by atoms with Gasteiger partial charge < -0.3 is 10.1 Å². The van der Waals surface area contributed by atoms with Gasteiger partial charge in [-0.1, -0.05) is 6.07 Å². The number of nitro groups is 1. The summed E-state index contributed by atoms with van der Waals surface area (Å²) >= 11 is 0. The average Bonchev–Trinajstić information content (AvgIpc) is 2.36. The number of rotatable bonds is 5. The van der Waals surface area contributed by atoms with Crippen molar-refractivity contribution >= 4 is 17.6 Å². The van der Waals surface area contributed by atoms with E-state index in [2.05, 4.69) is 10.1 Å². The van der Waals surface area contributed by atoms with Crippen molar-refractivity contribution < 1.29 is 23.6 Å². The van der Waals surface area contributed by atoms with Gasteiger partial charge in [0.15, 0.2) is 0 Å². The Bertz CT molecular complexity index is 547. The van der Waals surface area contributed by atoms with Crippen LogP contribution in [0.15, 0.2) is 18.2 Å². The standard InChI is InChI=1S/C12H13FN2O5/c1-7(16)14-10(12(17)20-2)6-8-3-4-11(15(18)19)9(13)5-8/h3-5,10H,6H2,1-2H3,(H,14,16)/t10-/m0/s1. The highest BCUT2D eigenvalue weighted by Gasteiger charge is 2.22. The fourth-order valence-electron chi connectivity index (χ4n) is 1.64. The van der Waals surface area contributed by atoms with Gasteiger partial charge in [-0.3, -0.25) is 14.9 Å². The number of methoxy groups -OCH3 is 1. The number of hydrogen-bond donors (Lipinski definition) is 1. The van der Waals surface area contributed by atoms with Crippen molar-refractivity contribution in [3.8, 4) is 0 Å². The number of amides is 1. The Morgan fingerprint density at radius 1 is 1.50 bits per heavy atom. The zero-order chi connectivity index (χ0) is 15.3. The molecule has 0 aliphatic rings. The molecule has 0 aromatic heterocycles. The molecule has 7 nitrogen and oxygen atoms in total. The number of nitrogens with zero attached hydrogens (tertiary/aromatic N) is 1. The zero-order valence-corrected chi connectivity index (χ0v) is 10.9. The molecule has 1 aromatic carbocycles. The van der Waals surface area contributed by atoms with E-state index in [0.717, 1.165) is 19.2 Å². The Morgan fingerprint density at radius 3 is 2.60 bits per heavy atom. The van der Waals surface area contributed by atoms with Gasteiger partial charge in [0.2, 0.25) is 11.7 Å². The molecule has 1 N–H and O–H groups in total. The van der Waals surface area contributed by atoms with Gasteiger partial charge in [-0.25, -0.2) is 4.79 Å². The van der Waals surface area contributed by atoms with E-state index in [1.807, 2.05) is 0 Å². The van der Waals surface area contributed by atoms with Crippen LogP contribution < -0.4 is 5.32 Å². The van der Waals surface area contributed by atoms with Crippen LogP contribution in [0.3, 0.4) is 0 Å². The van der Waals surface area contributed by atoms with Crippen LogP contribution in [0.1, 0.15) is 12.5 Å². The van der Waals surface area contributed by atoms with Gasteiger partial charge in [-0.15, -0.1) is 0 Å². The van der Waals surface area contributed by atoms with Crippen LogP contribution >= 0.6 is 0 Å². The summed E-state index contributed by atoms with van der Waals surface area (Å²) in [7, 11) is 1.16. The summed E-state index contributed by atoms with van der Waals surface area (Å²) in [5.74, 6) is -2.12. The highest BCUT2D eigenvalue weighted by atomic mass is 19.1. The van der Waals surface area contributed by atoms with E-state index in [1.165, 1.54) is 13.0 Å². The summed E-state index contributed by atoms with van der Waals surface area (Å²) in [4.78, 5) is 32.1. The lowest BCUT2D eigenvalue weighted by Crippen LogP contribution is -2.42. The quantitative estimate of drug-likeness (QED) is 0.493. The Balaban J connectivity index is 2.94. The molecule has 0 spiro atoms. The van der Waals surface area contributed by atoms with E-state index in [4.69, 9.17) is 0 Å².